The summed E-state index contributed by atoms with van der Waals surface area (Å²) in [6.07, 6.45) is 0. The molecule has 2 aliphatic rings. The van der Waals surface area contributed by atoms with E-state index in [1.807, 2.05) is 53.4 Å². The Hall–Kier alpha value is -4.34. The summed E-state index contributed by atoms with van der Waals surface area (Å²) < 4.78 is 36.3. The molecule has 8 nitrogen and oxygen atoms in total. The fraction of sp³-hybridized carbons (Fsp3) is 0.303. The molecule has 9 heteroatoms. The van der Waals surface area contributed by atoms with Gasteiger partial charge in [-0.3, -0.25) is 14.6 Å². The number of furan rings is 1. The van der Waals surface area contributed by atoms with Gasteiger partial charge in [-0.15, -0.1) is 0 Å². The highest BCUT2D eigenvalue weighted by molar-refractivity contribution is 5.91. The molecule has 1 fully saturated rings. The third kappa shape index (κ3) is 6.75. The van der Waals surface area contributed by atoms with Crippen LogP contribution < -0.4 is 14.2 Å². The number of methoxy groups -OCH3 is 1. The molecule has 1 amide bonds. The lowest BCUT2D eigenvalue weighted by atomic mass is 10.1. The second-order valence-electron chi connectivity index (χ2n) is 10.6. The largest absolute Gasteiger partial charge is 0.497 e. The summed E-state index contributed by atoms with van der Waals surface area (Å²) in [5, 5.41) is 0. The van der Waals surface area contributed by atoms with Crippen LogP contribution >= 0.6 is 0 Å². The van der Waals surface area contributed by atoms with Crippen molar-refractivity contribution < 1.29 is 27.8 Å². The van der Waals surface area contributed by atoms with Crippen LogP contribution in [0.2, 0.25) is 0 Å². The molecule has 0 N–H and O–H groups in total. The fourth-order valence-corrected chi connectivity index (χ4v) is 5.45. The number of piperazine rings is 1. The average molecular weight is 572 g/mol. The maximum absolute atomic E-state index is 13.9. The molecule has 2 aliphatic heterocycles. The van der Waals surface area contributed by atoms with Gasteiger partial charge in [0.1, 0.15) is 17.3 Å². The third-order valence-corrected chi connectivity index (χ3v) is 7.59. The normalized spacial score (nSPS) is 14.9. The van der Waals surface area contributed by atoms with E-state index >= 15 is 0 Å². The van der Waals surface area contributed by atoms with Crippen LogP contribution in [-0.2, 0) is 26.2 Å². The molecule has 0 spiro atoms. The molecule has 0 atom stereocenters. The summed E-state index contributed by atoms with van der Waals surface area (Å²) >= 11 is 0. The number of rotatable bonds is 10. The van der Waals surface area contributed by atoms with Gasteiger partial charge in [0, 0.05) is 45.8 Å². The molecule has 3 heterocycles. The summed E-state index contributed by atoms with van der Waals surface area (Å²) in [4.78, 5) is 19.6. The minimum atomic E-state index is -0.268. The van der Waals surface area contributed by atoms with Gasteiger partial charge in [-0.25, -0.2) is 4.39 Å². The number of carbonyl (C=O) groups is 1. The number of ether oxygens (including phenoxy) is 3. The van der Waals surface area contributed by atoms with Crippen molar-refractivity contribution >= 4 is 5.91 Å². The smallest absolute Gasteiger partial charge is 0.289 e. The first-order chi connectivity index (χ1) is 20.5. The van der Waals surface area contributed by atoms with Crippen LogP contribution in [0, 0.1) is 5.82 Å². The molecule has 0 unspecified atom stereocenters. The number of fused-ring (bicyclic) bond motifs is 1. The minimum Gasteiger partial charge on any atom is -0.497 e. The average Bonchev–Trinajstić information content (AvgIpc) is 3.67. The van der Waals surface area contributed by atoms with Gasteiger partial charge in [0.05, 0.1) is 13.7 Å². The van der Waals surface area contributed by atoms with Crippen LogP contribution in [0.5, 0.6) is 17.2 Å². The monoisotopic (exact) mass is 571 g/mol. The summed E-state index contributed by atoms with van der Waals surface area (Å²) in [5.74, 6) is 2.99. The number of benzene rings is 3. The topological polar surface area (TPSA) is 67.6 Å². The van der Waals surface area contributed by atoms with Crippen molar-refractivity contribution in [3.05, 3.63) is 113 Å². The number of hydrogen-bond donors (Lipinski definition) is 0. The highest BCUT2D eigenvalue weighted by Gasteiger charge is 2.25. The number of hydrogen-bond acceptors (Lipinski definition) is 7. The molecule has 0 aliphatic carbocycles. The Morgan fingerprint density at radius 3 is 2.38 bits per heavy atom. The summed E-state index contributed by atoms with van der Waals surface area (Å²) in [6, 6.07) is 24.1. The van der Waals surface area contributed by atoms with Gasteiger partial charge in [-0.2, -0.15) is 0 Å². The first-order valence-electron chi connectivity index (χ1n) is 14.1. The Morgan fingerprint density at radius 2 is 1.60 bits per heavy atom. The molecule has 218 valence electrons. The third-order valence-electron chi connectivity index (χ3n) is 7.59. The Labute approximate surface area is 244 Å². The van der Waals surface area contributed by atoms with Crippen molar-refractivity contribution in [3.8, 4) is 17.2 Å². The van der Waals surface area contributed by atoms with Crippen LogP contribution in [0.3, 0.4) is 0 Å². The van der Waals surface area contributed by atoms with Gasteiger partial charge in [0.2, 0.25) is 6.79 Å². The molecule has 42 heavy (non-hydrogen) atoms. The zero-order chi connectivity index (χ0) is 28.9. The Balaban J connectivity index is 1.07. The van der Waals surface area contributed by atoms with E-state index in [0.29, 0.717) is 44.2 Å². The molecule has 0 bridgehead atoms. The van der Waals surface area contributed by atoms with E-state index in [-0.39, 0.29) is 18.5 Å². The quantitative estimate of drug-likeness (QED) is 0.255. The molecular formula is C33H34FN3O5. The van der Waals surface area contributed by atoms with Crippen molar-refractivity contribution in [1.29, 1.82) is 0 Å². The fourth-order valence-electron chi connectivity index (χ4n) is 5.45. The summed E-state index contributed by atoms with van der Waals surface area (Å²) in [7, 11) is 1.64. The molecule has 1 aromatic heterocycles. The number of carbonyl (C=O) groups excluding carboxylic acids is 1. The molecule has 6 rings (SSSR count). The maximum atomic E-state index is 13.9. The van der Waals surface area contributed by atoms with E-state index < -0.39 is 0 Å². The van der Waals surface area contributed by atoms with Gasteiger partial charge in [-0.05, 0) is 65.2 Å². The van der Waals surface area contributed by atoms with Crippen molar-refractivity contribution in [2.45, 2.75) is 26.2 Å². The van der Waals surface area contributed by atoms with E-state index in [9.17, 15) is 9.18 Å². The summed E-state index contributed by atoms with van der Waals surface area (Å²) in [5.41, 5.74) is 3.08. The standard InChI is InChI=1S/C33H34FN3O5/c1-39-28-7-3-5-25(17-28)21-36(20-24-4-2-6-27(34)16-24)22-29-9-11-31(42-29)33(38)37-14-12-35(13-15-37)19-26-8-10-30-32(18-26)41-23-40-30/h2-11,16-18H,12-15,19-23H2,1H3. The second kappa shape index (κ2) is 12.7. The van der Waals surface area contributed by atoms with Gasteiger partial charge < -0.3 is 23.5 Å². The van der Waals surface area contributed by atoms with E-state index in [1.54, 1.807) is 25.3 Å². The Morgan fingerprint density at radius 1 is 0.833 bits per heavy atom. The Bertz CT molecular complexity index is 1530. The van der Waals surface area contributed by atoms with E-state index in [1.165, 1.54) is 6.07 Å². The molecule has 0 radical (unpaired) electrons. The molecule has 3 aromatic carbocycles. The van der Waals surface area contributed by atoms with Crippen molar-refractivity contribution in [1.82, 2.24) is 14.7 Å². The van der Waals surface area contributed by atoms with E-state index in [4.69, 9.17) is 18.6 Å². The first kappa shape index (κ1) is 27.8. The van der Waals surface area contributed by atoms with Crippen molar-refractivity contribution in [2.75, 3.05) is 40.1 Å². The van der Waals surface area contributed by atoms with Crippen LogP contribution in [0.15, 0.2) is 83.3 Å². The zero-order valence-corrected chi connectivity index (χ0v) is 23.6. The van der Waals surface area contributed by atoms with Crippen LogP contribution in [0.1, 0.15) is 33.0 Å². The SMILES string of the molecule is COc1cccc(CN(Cc2cccc(F)c2)Cc2ccc(C(=O)N3CCN(Cc4ccc5c(c4)OCO5)CC3)o2)c1. The lowest BCUT2D eigenvalue weighted by molar-refractivity contribution is 0.0594. The number of amides is 1. The lowest BCUT2D eigenvalue weighted by Gasteiger charge is -2.34. The highest BCUT2D eigenvalue weighted by Crippen LogP contribution is 2.33. The number of nitrogens with zero attached hydrogens (tertiary/aromatic N) is 3. The van der Waals surface area contributed by atoms with Crippen molar-refractivity contribution in [3.63, 3.8) is 0 Å². The van der Waals surface area contributed by atoms with E-state index in [2.05, 4.69) is 15.9 Å². The molecule has 4 aromatic rings. The Kier molecular flexibility index (Phi) is 8.39. The van der Waals surface area contributed by atoms with Crippen LogP contribution in [-0.4, -0.2) is 60.7 Å². The molecule has 0 saturated carbocycles. The van der Waals surface area contributed by atoms with Crippen molar-refractivity contribution in [2.24, 2.45) is 0 Å². The van der Waals surface area contributed by atoms with Crippen LogP contribution in [0.4, 0.5) is 4.39 Å². The van der Waals surface area contributed by atoms with Gasteiger partial charge in [0.25, 0.3) is 5.91 Å². The zero-order valence-electron chi connectivity index (χ0n) is 23.6. The predicted molar refractivity (Wildman–Crippen MR) is 155 cm³/mol. The van der Waals surface area contributed by atoms with Gasteiger partial charge in [-0.1, -0.05) is 30.3 Å². The number of halogens is 1. The van der Waals surface area contributed by atoms with Gasteiger partial charge in [0.15, 0.2) is 17.3 Å². The predicted octanol–water partition coefficient (Wildman–Crippen LogP) is 5.32. The minimum absolute atomic E-state index is 0.103. The molecule has 1 saturated heterocycles. The second-order valence-corrected chi connectivity index (χ2v) is 10.6. The van der Waals surface area contributed by atoms with E-state index in [0.717, 1.165) is 53.6 Å². The highest BCUT2D eigenvalue weighted by atomic mass is 19.1. The first-order valence-corrected chi connectivity index (χ1v) is 14.1. The summed E-state index contributed by atoms with van der Waals surface area (Å²) in [6.45, 7) is 5.43. The van der Waals surface area contributed by atoms with Crippen LogP contribution in [0.25, 0.3) is 0 Å². The van der Waals surface area contributed by atoms with Gasteiger partial charge >= 0.3 is 0 Å². The maximum Gasteiger partial charge on any atom is 0.289 e. The lowest BCUT2D eigenvalue weighted by Crippen LogP contribution is -2.48. The molecular weight excluding hydrogens is 537 g/mol.